The van der Waals surface area contributed by atoms with Gasteiger partial charge in [-0.05, 0) is 18.6 Å². The summed E-state index contributed by atoms with van der Waals surface area (Å²) in [6.45, 7) is 2.21. The molecule has 0 aliphatic rings. The van der Waals surface area contributed by atoms with Crippen molar-refractivity contribution in [3.8, 4) is 5.75 Å². The van der Waals surface area contributed by atoms with Gasteiger partial charge in [-0.25, -0.2) is 4.98 Å². The summed E-state index contributed by atoms with van der Waals surface area (Å²) in [4.78, 5) is 3.58. The number of hydrogen-bond donors (Lipinski definition) is 0. The van der Waals surface area contributed by atoms with E-state index >= 15 is 0 Å². The highest BCUT2D eigenvalue weighted by Crippen LogP contribution is 2.36. The maximum Gasteiger partial charge on any atom is 0.433 e. The quantitative estimate of drug-likeness (QED) is 0.817. The molecule has 0 aliphatic carbocycles. The molecule has 0 aliphatic heterocycles. The standard InChI is InChI=1S/C13H11ClF3NO/c1-2-6-19-10-7-11(13(15,16)17)18-12-8(10)4-3-5-9(12)14/h3-5,7H,2,6H2,1H3. The number of halogens is 4. The van der Waals surface area contributed by atoms with Crippen molar-refractivity contribution in [3.63, 3.8) is 0 Å². The summed E-state index contributed by atoms with van der Waals surface area (Å²) in [6.07, 6.45) is -3.83. The van der Waals surface area contributed by atoms with E-state index in [2.05, 4.69) is 4.98 Å². The van der Waals surface area contributed by atoms with Gasteiger partial charge in [0.05, 0.1) is 17.1 Å². The molecule has 1 aromatic carbocycles. The number of alkyl halides is 3. The average Bonchev–Trinajstić information content (AvgIpc) is 2.35. The third-order valence-electron chi connectivity index (χ3n) is 2.50. The van der Waals surface area contributed by atoms with Gasteiger partial charge in [0, 0.05) is 11.5 Å². The van der Waals surface area contributed by atoms with Crippen LogP contribution >= 0.6 is 11.6 Å². The smallest absolute Gasteiger partial charge is 0.433 e. The first-order chi connectivity index (χ1) is 8.93. The fourth-order valence-electron chi connectivity index (χ4n) is 1.66. The summed E-state index contributed by atoms with van der Waals surface area (Å²) in [7, 11) is 0. The van der Waals surface area contributed by atoms with Crippen LogP contribution in [0.3, 0.4) is 0 Å². The van der Waals surface area contributed by atoms with Crippen LogP contribution in [0.4, 0.5) is 13.2 Å². The van der Waals surface area contributed by atoms with E-state index in [1.165, 1.54) is 6.07 Å². The molecule has 19 heavy (non-hydrogen) atoms. The Kier molecular flexibility index (Phi) is 3.85. The zero-order chi connectivity index (χ0) is 14.0. The van der Waals surface area contributed by atoms with Gasteiger partial charge >= 0.3 is 6.18 Å². The first-order valence-electron chi connectivity index (χ1n) is 5.72. The number of ether oxygens (including phenoxy) is 1. The van der Waals surface area contributed by atoms with Crippen LogP contribution in [0.1, 0.15) is 19.0 Å². The van der Waals surface area contributed by atoms with Crippen molar-refractivity contribution >= 4 is 22.5 Å². The van der Waals surface area contributed by atoms with Gasteiger partial charge in [0.15, 0.2) is 0 Å². The molecule has 0 saturated heterocycles. The minimum absolute atomic E-state index is 0.102. The second-order valence-electron chi connectivity index (χ2n) is 3.99. The van der Waals surface area contributed by atoms with Gasteiger partial charge in [-0.3, -0.25) is 0 Å². The minimum Gasteiger partial charge on any atom is -0.493 e. The second-order valence-corrected chi connectivity index (χ2v) is 4.40. The lowest BCUT2D eigenvalue weighted by Crippen LogP contribution is -2.09. The van der Waals surface area contributed by atoms with Crippen LogP contribution in [-0.4, -0.2) is 11.6 Å². The molecule has 0 atom stereocenters. The SMILES string of the molecule is CCCOc1cc(C(F)(F)F)nc2c(Cl)cccc12. The van der Waals surface area contributed by atoms with Gasteiger partial charge < -0.3 is 4.74 Å². The lowest BCUT2D eigenvalue weighted by Gasteiger charge is -2.13. The summed E-state index contributed by atoms with van der Waals surface area (Å²) in [5.41, 5.74) is -0.899. The van der Waals surface area contributed by atoms with Gasteiger partial charge in [0.25, 0.3) is 0 Å². The van der Waals surface area contributed by atoms with Gasteiger partial charge in [-0.1, -0.05) is 24.6 Å². The molecule has 0 spiro atoms. The molecule has 1 aromatic heterocycles. The van der Waals surface area contributed by atoms with Gasteiger partial charge in [0.2, 0.25) is 0 Å². The molecule has 102 valence electrons. The van der Waals surface area contributed by atoms with Crippen molar-refractivity contribution in [2.45, 2.75) is 19.5 Å². The van der Waals surface area contributed by atoms with Crippen LogP contribution in [0.2, 0.25) is 5.02 Å². The number of benzene rings is 1. The molecule has 0 N–H and O–H groups in total. The number of aromatic nitrogens is 1. The summed E-state index contributed by atoms with van der Waals surface area (Å²) in [5, 5.41) is 0.652. The van der Waals surface area contributed by atoms with Crippen molar-refractivity contribution in [2.75, 3.05) is 6.61 Å². The van der Waals surface area contributed by atoms with E-state index in [-0.39, 0.29) is 16.3 Å². The normalized spacial score (nSPS) is 11.8. The Hall–Kier alpha value is -1.49. The Morgan fingerprint density at radius 1 is 1.32 bits per heavy atom. The fourth-order valence-corrected chi connectivity index (χ4v) is 1.88. The van der Waals surface area contributed by atoms with Crippen molar-refractivity contribution in [1.29, 1.82) is 0 Å². The molecule has 0 fully saturated rings. The summed E-state index contributed by atoms with van der Waals surface area (Å²) < 4.78 is 43.7. The van der Waals surface area contributed by atoms with E-state index in [1.54, 1.807) is 12.1 Å². The van der Waals surface area contributed by atoms with E-state index in [0.717, 1.165) is 6.07 Å². The molecule has 0 amide bonds. The molecular formula is C13H11ClF3NO. The van der Waals surface area contributed by atoms with Crippen molar-refractivity contribution in [1.82, 2.24) is 4.98 Å². The highest BCUT2D eigenvalue weighted by Gasteiger charge is 2.34. The van der Waals surface area contributed by atoms with E-state index in [9.17, 15) is 13.2 Å². The van der Waals surface area contributed by atoms with Crippen LogP contribution in [0.5, 0.6) is 5.75 Å². The zero-order valence-corrected chi connectivity index (χ0v) is 10.8. The summed E-state index contributed by atoms with van der Waals surface area (Å²) in [6, 6.07) is 5.70. The predicted molar refractivity (Wildman–Crippen MR) is 67.5 cm³/mol. The Labute approximate surface area is 113 Å². The Bertz CT molecular complexity index is 598. The Balaban J connectivity index is 2.66. The van der Waals surface area contributed by atoms with Crippen molar-refractivity contribution < 1.29 is 17.9 Å². The number of nitrogens with zero attached hydrogens (tertiary/aromatic N) is 1. The summed E-state index contributed by atoms with van der Waals surface area (Å²) in [5.74, 6) is 0.154. The molecule has 0 radical (unpaired) electrons. The molecule has 1 heterocycles. The topological polar surface area (TPSA) is 22.1 Å². The van der Waals surface area contributed by atoms with Crippen LogP contribution in [0.15, 0.2) is 24.3 Å². The van der Waals surface area contributed by atoms with Crippen molar-refractivity contribution in [2.24, 2.45) is 0 Å². The zero-order valence-electron chi connectivity index (χ0n) is 10.1. The number of hydrogen-bond acceptors (Lipinski definition) is 2. The number of pyridine rings is 1. The number of fused-ring (bicyclic) bond motifs is 1. The highest BCUT2D eigenvalue weighted by molar-refractivity contribution is 6.35. The van der Waals surface area contributed by atoms with Crippen LogP contribution in [-0.2, 0) is 6.18 Å². The van der Waals surface area contributed by atoms with E-state index in [1.807, 2.05) is 6.92 Å². The van der Waals surface area contributed by atoms with E-state index < -0.39 is 11.9 Å². The van der Waals surface area contributed by atoms with Crippen LogP contribution < -0.4 is 4.74 Å². The number of rotatable bonds is 3. The largest absolute Gasteiger partial charge is 0.493 e. The lowest BCUT2D eigenvalue weighted by molar-refractivity contribution is -0.141. The van der Waals surface area contributed by atoms with Gasteiger partial charge in [0.1, 0.15) is 11.4 Å². The van der Waals surface area contributed by atoms with E-state index in [0.29, 0.717) is 18.4 Å². The second kappa shape index (κ2) is 5.25. The fraction of sp³-hybridized carbons (Fsp3) is 0.308. The predicted octanol–water partition coefficient (Wildman–Crippen LogP) is 4.70. The van der Waals surface area contributed by atoms with E-state index in [4.69, 9.17) is 16.3 Å². The monoisotopic (exact) mass is 289 g/mol. The molecule has 2 rings (SSSR count). The first-order valence-corrected chi connectivity index (χ1v) is 6.10. The molecule has 2 nitrogen and oxygen atoms in total. The van der Waals surface area contributed by atoms with Gasteiger partial charge in [-0.15, -0.1) is 0 Å². The molecule has 6 heteroatoms. The van der Waals surface area contributed by atoms with Crippen LogP contribution in [0.25, 0.3) is 10.9 Å². The molecule has 2 aromatic rings. The van der Waals surface area contributed by atoms with Crippen LogP contribution in [0, 0.1) is 0 Å². The maximum atomic E-state index is 12.8. The molecule has 0 unspecified atom stereocenters. The maximum absolute atomic E-state index is 12.8. The molecular weight excluding hydrogens is 279 g/mol. The average molecular weight is 290 g/mol. The third-order valence-corrected chi connectivity index (χ3v) is 2.81. The minimum atomic E-state index is -4.53. The van der Waals surface area contributed by atoms with Gasteiger partial charge in [-0.2, -0.15) is 13.2 Å². The molecule has 0 saturated carbocycles. The number of para-hydroxylation sites is 1. The lowest BCUT2D eigenvalue weighted by atomic mass is 10.1. The highest BCUT2D eigenvalue weighted by atomic mass is 35.5. The first kappa shape index (κ1) is 13.9. The summed E-state index contributed by atoms with van der Waals surface area (Å²) >= 11 is 5.90. The molecule has 0 bridgehead atoms. The van der Waals surface area contributed by atoms with Crippen molar-refractivity contribution in [3.05, 3.63) is 35.0 Å². The Morgan fingerprint density at radius 2 is 2.05 bits per heavy atom. The third kappa shape index (κ3) is 2.92. The Morgan fingerprint density at radius 3 is 2.68 bits per heavy atom.